The van der Waals surface area contributed by atoms with Crippen LogP contribution < -0.4 is 0 Å². The van der Waals surface area contributed by atoms with Gasteiger partial charge in [-0.2, -0.15) is 0 Å². The number of nitrogens with zero attached hydrogens (tertiary/aromatic N) is 1. The lowest BCUT2D eigenvalue weighted by molar-refractivity contribution is -0.143. The molecular formula is C13H15Cl2NO3. The largest absolute Gasteiger partial charge is 0.469 e. The van der Waals surface area contributed by atoms with E-state index < -0.39 is 5.97 Å². The topological polar surface area (TPSA) is 46.6 Å². The molecule has 1 aromatic carbocycles. The zero-order valence-electron chi connectivity index (χ0n) is 10.8. The number of amides is 1. The van der Waals surface area contributed by atoms with E-state index in [1.165, 1.54) is 12.0 Å². The number of hydrogen-bond acceptors (Lipinski definition) is 3. The maximum Gasteiger partial charge on any atom is 0.306 e. The molecule has 0 saturated heterocycles. The predicted octanol–water partition coefficient (Wildman–Crippen LogP) is 2.91. The van der Waals surface area contributed by atoms with Crippen molar-refractivity contribution in [3.8, 4) is 0 Å². The number of ether oxygens (including phenoxy) is 1. The number of carbonyl (C=O) groups excluding carboxylic acids is 2. The molecule has 104 valence electrons. The van der Waals surface area contributed by atoms with E-state index in [-0.39, 0.29) is 18.7 Å². The van der Waals surface area contributed by atoms with Gasteiger partial charge in [0.25, 0.3) is 0 Å². The van der Waals surface area contributed by atoms with E-state index in [2.05, 4.69) is 4.74 Å². The molecule has 19 heavy (non-hydrogen) atoms. The van der Waals surface area contributed by atoms with Crippen molar-refractivity contribution in [2.24, 2.45) is 0 Å². The third-order valence-corrected chi connectivity index (χ3v) is 3.34. The van der Waals surface area contributed by atoms with Gasteiger partial charge >= 0.3 is 5.97 Å². The highest BCUT2D eigenvalue weighted by Gasteiger charge is 2.12. The van der Waals surface area contributed by atoms with Gasteiger partial charge in [0.1, 0.15) is 0 Å². The van der Waals surface area contributed by atoms with Gasteiger partial charge in [-0.3, -0.25) is 9.59 Å². The minimum atomic E-state index is -0.392. The fourth-order valence-electron chi connectivity index (χ4n) is 1.50. The fraction of sp³-hybridized carbons (Fsp3) is 0.385. The molecule has 0 aliphatic rings. The molecule has 6 heteroatoms. The lowest BCUT2D eigenvalue weighted by Crippen LogP contribution is -2.26. The van der Waals surface area contributed by atoms with Crippen molar-refractivity contribution >= 4 is 35.1 Å². The van der Waals surface area contributed by atoms with Crippen LogP contribution in [-0.2, 0) is 20.9 Å². The van der Waals surface area contributed by atoms with Crippen LogP contribution in [0.25, 0.3) is 0 Å². The van der Waals surface area contributed by atoms with E-state index in [4.69, 9.17) is 23.2 Å². The number of methoxy groups -OCH3 is 1. The van der Waals surface area contributed by atoms with Gasteiger partial charge < -0.3 is 9.64 Å². The first-order chi connectivity index (χ1) is 8.93. The van der Waals surface area contributed by atoms with E-state index in [1.54, 1.807) is 25.2 Å². The number of carbonyl (C=O) groups is 2. The second kappa shape index (κ2) is 7.36. The van der Waals surface area contributed by atoms with E-state index in [0.29, 0.717) is 16.6 Å². The molecule has 0 fully saturated rings. The molecular weight excluding hydrogens is 289 g/mol. The average Bonchev–Trinajstić information content (AvgIpc) is 2.39. The molecule has 0 bridgehead atoms. The predicted molar refractivity (Wildman–Crippen MR) is 74.2 cm³/mol. The van der Waals surface area contributed by atoms with Crippen LogP contribution in [0.15, 0.2) is 18.2 Å². The Morgan fingerprint density at radius 1 is 1.21 bits per heavy atom. The van der Waals surface area contributed by atoms with Gasteiger partial charge in [0, 0.05) is 20.0 Å². The van der Waals surface area contributed by atoms with Crippen molar-refractivity contribution in [1.29, 1.82) is 0 Å². The van der Waals surface area contributed by atoms with Crippen molar-refractivity contribution in [3.05, 3.63) is 33.8 Å². The lowest BCUT2D eigenvalue weighted by atomic mass is 10.2. The summed E-state index contributed by atoms with van der Waals surface area (Å²) in [5.41, 5.74) is 0.878. The molecule has 0 N–H and O–H groups in total. The summed E-state index contributed by atoms with van der Waals surface area (Å²) < 4.78 is 4.49. The maximum atomic E-state index is 11.8. The van der Waals surface area contributed by atoms with Gasteiger partial charge in [0.2, 0.25) is 5.91 Å². The van der Waals surface area contributed by atoms with Gasteiger partial charge in [-0.25, -0.2) is 0 Å². The normalized spacial score (nSPS) is 10.1. The maximum absolute atomic E-state index is 11.8. The monoisotopic (exact) mass is 303 g/mol. The van der Waals surface area contributed by atoms with E-state index in [0.717, 1.165) is 5.56 Å². The minimum Gasteiger partial charge on any atom is -0.469 e. The Morgan fingerprint density at radius 3 is 2.47 bits per heavy atom. The highest BCUT2D eigenvalue weighted by atomic mass is 35.5. The summed E-state index contributed by atoms with van der Waals surface area (Å²) in [4.78, 5) is 24.3. The second-order valence-electron chi connectivity index (χ2n) is 4.07. The van der Waals surface area contributed by atoms with Gasteiger partial charge in [0.15, 0.2) is 0 Å². The Morgan fingerprint density at radius 2 is 1.89 bits per heavy atom. The van der Waals surface area contributed by atoms with Gasteiger partial charge in [0.05, 0.1) is 23.6 Å². The van der Waals surface area contributed by atoms with Crippen LogP contribution in [0.3, 0.4) is 0 Å². The third-order valence-electron chi connectivity index (χ3n) is 2.60. The zero-order chi connectivity index (χ0) is 14.4. The molecule has 1 rings (SSSR count). The SMILES string of the molecule is COC(=O)CCC(=O)N(C)Cc1ccc(Cl)c(Cl)c1. The smallest absolute Gasteiger partial charge is 0.306 e. The van der Waals surface area contributed by atoms with Crippen molar-refractivity contribution in [2.45, 2.75) is 19.4 Å². The second-order valence-corrected chi connectivity index (χ2v) is 4.89. The van der Waals surface area contributed by atoms with Crippen LogP contribution in [0.1, 0.15) is 18.4 Å². The van der Waals surface area contributed by atoms with Crippen LogP contribution in [0.2, 0.25) is 10.0 Å². The Hall–Kier alpha value is -1.26. The quantitative estimate of drug-likeness (QED) is 0.786. The lowest BCUT2D eigenvalue weighted by Gasteiger charge is -2.17. The van der Waals surface area contributed by atoms with Crippen molar-refractivity contribution in [3.63, 3.8) is 0 Å². The summed E-state index contributed by atoms with van der Waals surface area (Å²) >= 11 is 11.7. The Labute approximate surface area is 122 Å². The Kier molecular flexibility index (Phi) is 6.12. The number of hydrogen-bond donors (Lipinski definition) is 0. The molecule has 0 aromatic heterocycles. The summed E-state index contributed by atoms with van der Waals surface area (Å²) in [5, 5.41) is 0.930. The summed E-state index contributed by atoms with van der Waals surface area (Å²) in [6.45, 7) is 0.414. The number of rotatable bonds is 5. The molecule has 0 heterocycles. The Balaban J connectivity index is 2.53. The van der Waals surface area contributed by atoms with Crippen LogP contribution >= 0.6 is 23.2 Å². The minimum absolute atomic E-state index is 0.0844. The van der Waals surface area contributed by atoms with E-state index in [1.807, 2.05) is 0 Å². The highest BCUT2D eigenvalue weighted by Crippen LogP contribution is 2.23. The van der Waals surface area contributed by atoms with Crippen LogP contribution in [0.4, 0.5) is 0 Å². The van der Waals surface area contributed by atoms with Crippen LogP contribution in [-0.4, -0.2) is 30.9 Å². The zero-order valence-corrected chi connectivity index (χ0v) is 12.3. The van der Waals surface area contributed by atoms with Crippen molar-refractivity contribution in [1.82, 2.24) is 4.90 Å². The molecule has 0 aliphatic heterocycles. The molecule has 0 radical (unpaired) electrons. The fourth-order valence-corrected chi connectivity index (χ4v) is 1.82. The Bertz CT molecular complexity index is 477. The third kappa shape index (κ3) is 5.09. The van der Waals surface area contributed by atoms with E-state index >= 15 is 0 Å². The molecule has 0 spiro atoms. The van der Waals surface area contributed by atoms with Gasteiger partial charge in [-0.15, -0.1) is 0 Å². The molecule has 0 saturated carbocycles. The molecule has 0 atom stereocenters. The van der Waals surface area contributed by atoms with Gasteiger partial charge in [-0.05, 0) is 17.7 Å². The first kappa shape index (κ1) is 15.8. The standard InChI is InChI=1S/C13H15Cl2NO3/c1-16(12(17)5-6-13(18)19-2)8-9-3-4-10(14)11(15)7-9/h3-4,7H,5-6,8H2,1-2H3. The number of halogens is 2. The summed E-state index contributed by atoms with van der Waals surface area (Å²) in [6, 6.07) is 5.21. The van der Waals surface area contributed by atoms with Crippen molar-refractivity contribution in [2.75, 3.05) is 14.2 Å². The average molecular weight is 304 g/mol. The van der Waals surface area contributed by atoms with Crippen LogP contribution in [0.5, 0.6) is 0 Å². The van der Waals surface area contributed by atoms with Crippen LogP contribution in [0, 0.1) is 0 Å². The molecule has 0 unspecified atom stereocenters. The van der Waals surface area contributed by atoms with Crippen molar-refractivity contribution < 1.29 is 14.3 Å². The highest BCUT2D eigenvalue weighted by molar-refractivity contribution is 6.42. The molecule has 0 aliphatic carbocycles. The number of benzene rings is 1. The molecule has 1 aromatic rings. The summed E-state index contributed by atoms with van der Waals surface area (Å²) in [7, 11) is 2.97. The summed E-state index contributed by atoms with van der Waals surface area (Å²) in [6.07, 6.45) is 0.214. The van der Waals surface area contributed by atoms with Gasteiger partial charge in [-0.1, -0.05) is 29.3 Å². The molecule has 4 nitrogen and oxygen atoms in total. The van der Waals surface area contributed by atoms with E-state index in [9.17, 15) is 9.59 Å². The summed E-state index contributed by atoms with van der Waals surface area (Å²) in [5.74, 6) is -0.521. The number of esters is 1. The molecule has 1 amide bonds. The first-order valence-electron chi connectivity index (χ1n) is 5.68. The first-order valence-corrected chi connectivity index (χ1v) is 6.44.